The molecule has 1 aliphatic heterocycles. The highest BCUT2D eigenvalue weighted by molar-refractivity contribution is 14.0. The molecule has 3 N–H and O–H groups in total. The van der Waals surface area contributed by atoms with E-state index in [4.69, 9.17) is 10.5 Å². The van der Waals surface area contributed by atoms with E-state index in [1.807, 2.05) is 6.07 Å². The Balaban J connectivity index is 0.00000338. The molecule has 26 heavy (non-hydrogen) atoms. The third-order valence-corrected chi connectivity index (χ3v) is 4.88. The SMILES string of the molecule is CC(C)CCCC(C)NC(N)=NCC1CCCOC1c1ccccc1.I. The van der Waals surface area contributed by atoms with Gasteiger partial charge in [-0.1, -0.05) is 57.0 Å². The lowest BCUT2D eigenvalue weighted by atomic mass is 9.89. The normalized spacial score (nSPS) is 21.9. The van der Waals surface area contributed by atoms with Crippen molar-refractivity contribution < 1.29 is 4.74 Å². The Bertz CT molecular complexity index is 521. The summed E-state index contributed by atoms with van der Waals surface area (Å²) in [7, 11) is 0. The molecule has 1 aromatic rings. The molecule has 1 saturated heterocycles. The van der Waals surface area contributed by atoms with Gasteiger partial charge in [-0.15, -0.1) is 24.0 Å². The first kappa shape index (κ1) is 23.2. The summed E-state index contributed by atoms with van der Waals surface area (Å²) in [6.07, 6.45) is 6.00. The molecular weight excluding hydrogens is 437 g/mol. The van der Waals surface area contributed by atoms with Gasteiger partial charge in [0.05, 0.1) is 6.10 Å². The standard InChI is InChI=1S/C21H35N3O.HI/c1-16(2)9-7-10-17(3)24-21(22)23-15-19-13-8-14-25-20(19)18-11-5-4-6-12-18;/h4-6,11-12,16-17,19-20H,7-10,13-15H2,1-3H3,(H3,22,23,24);1H. The van der Waals surface area contributed by atoms with Gasteiger partial charge in [-0.05, 0) is 37.7 Å². The van der Waals surface area contributed by atoms with E-state index >= 15 is 0 Å². The summed E-state index contributed by atoms with van der Waals surface area (Å²) in [5.41, 5.74) is 7.35. The number of nitrogens with zero attached hydrogens (tertiary/aromatic N) is 1. The van der Waals surface area contributed by atoms with Gasteiger partial charge in [-0.2, -0.15) is 0 Å². The molecule has 2 rings (SSSR count). The van der Waals surface area contributed by atoms with Crippen molar-refractivity contribution in [3.05, 3.63) is 35.9 Å². The Labute approximate surface area is 176 Å². The molecule has 0 bridgehead atoms. The lowest BCUT2D eigenvalue weighted by molar-refractivity contribution is -0.0250. The Hall–Kier alpha value is -0.820. The minimum Gasteiger partial charge on any atom is -0.373 e. The van der Waals surface area contributed by atoms with Crippen molar-refractivity contribution in [2.24, 2.45) is 22.6 Å². The number of aliphatic imine (C=N–C) groups is 1. The molecule has 1 fully saturated rings. The van der Waals surface area contributed by atoms with Crippen LogP contribution in [0.15, 0.2) is 35.3 Å². The van der Waals surface area contributed by atoms with E-state index in [9.17, 15) is 0 Å². The van der Waals surface area contributed by atoms with Gasteiger partial charge >= 0.3 is 0 Å². The van der Waals surface area contributed by atoms with Crippen LogP contribution in [0.25, 0.3) is 0 Å². The minimum atomic E-state index is 0. The molecule has 3 atom stereocenters. The third-order valence-electron chi connectivity index (χ3n) is 4.88. The summed E-state index contributed by atoms with van der Waals surface area (Å²) in [4.78, 5) is 4.61. The zero-order valence-electron chi connectivity index (χ0n) is 16.5. The van der Waals surface area contributed by atoms with Crippen LogP contribution in [0.1, 0.15) is 64.5 Å². The van der Waals surface area contributed by atoms with Gasteiger partial charge in [0.1, 0.15) is 0 Å². The van der Waals surface area contributed by atoms with Gasteiger partial charge in [-0.25, -0.2) is 0 Å². The first-order valence-electron chi connectivity index (χ1n) is 9.79. The molecular formula is C21H36IN3O. The topological polar surface area (TPSA) is 59.6 Å². The summed E-state index contributed by atoms with van der Waals surface area (Å²) in [6, 6.07) is 10.8. The van der Waals surface area contributed by atoms with E-state index in [-0.39, 0.29) is 30.1 Å². The van der Waals surface area contributed by atoms with Crippen molar-refractivity contribution >= 4 is 29.9 Å². The number of nitrogens with two attached hydrogens (primary N) is 1. The second-order valence-corrected chi connectivity index (χ2v) is 7.70. The highest BCUT2D eigenvalue weighted by atomic mass is 127. The highest BCUT2D eigenvalue weighted by Gasteiger charge is 2.27. The van der Waals surface area contributed by atoms with Gasteiger partial charge in [0.2, 0.25) is 0 Å². The molecule has 5 heteroatoms. The second kappa shape index (κ2) is 12.5. The maximum absolute atomic E-state index is 6.11. The third kappa shape index (κ3) is 8.25. The summed E-state index contributed by atoms with van der Waals surface area (Å²) in [6.45, 7) is 8.27. The predicted octanol–water partition coefficient (Wildman–Crippen LogP) is 4.89. The van der Waals surface area contributed by atoms with E-state index in [1.165, 1.54) is 18.4 Å². The second-order valence-electron chi connectivity index (χ2n) is 7.70. The van der Waals surface area contributed by atoms with Crippen LogP contribution in [0.4, 0.5) is 0 Å². The van der Waals surface area contributed by atoms with Crippen molar-refractivity contribution in [1.82, 2.24) is 5.32 Å². The predicted molar refractivity (Wildman–Crippen MR) is 121 cm³/mol. The molecule has 1 aromatic carbocycles. The van der Waals surface area contributed by atoms with E-state index in [1.54, 1.807) is 0 Å². The molecule has 1 aliphatic rings. The lowest BCUT2D eigenvalue weighted by Crippen LogP contribution is -2.39. The Morgan fingerprint density at radius 3 is 2.65 bits per heavy atom. The van der Waals surface area contributed by atoms with Crippen LogP contribution in [0.5, 0.6) is 0 Å². The molecule has 0 radical (unpaired) electrons. The zero-order valence-corrected chi connectivity index (χ0v) is 18.8. The molecule has 148 valence electrons. The molecule has 0 saturated carbocycles. The Morgan fingerprint density at radius 1 is 1.23 bits per heavy atom. The Kier molecular flexibility index (Phi) is 11.2. The first-order valence-corrected chi connectivity index (χ1v) is 9.79. The van der Waals surface area contributed by atoms with Crippen LogP contribution in [-0.2, 0) is 4.74 Å². The first-order chi connectivity index (χ1) is 12.1. The Morgan fingerprint density at radius 2 is 1.96 bits per heavy atom. The van der Waals surface area contributed by atoms with Gasteiger partial charge in [0.15, 0.2) is 5.96 Å². The fraction of sp³-hybridized carbons (Fsp3) is 0.667. The van der Waals surface area contributed by atoms with Gasteiger partial charge in [-0.3, -0.25) is 4.99 Å². The van der Waals surface area contributed by atoms with Crippen molar-refractivity contribution in [1.29, 1.82) is 0 Å². The number of hydrogen-bond acceptors (Lipinski definition) is 2. The van der Waals surface area contributed by atoms with Gasteiger partial charge in [0.25, 0.3) is 0 Å². The maximum atomic E-state index is 6.11. The van der Waals surface area contributed by atoms with E-state index in [2.05, 4.69) is 55.3 Å². The van der Waals surface area contributed by atoms with Crippen LogP contribution >= 0.6 is 24.0 Å². The molecule has 0 aliphatic carbocycles. The number of nitrogens with one attached hydrogen (secondary N) is 1. The number of ether oxygens (including phenoxy) is 1. The van der Waals surface area contributed by atoms with Gasteiger partial charge in [0, 0.05) is 25.1 Å². The van der Waals surface area contributed by atoms with Crippen LogP contribution in [0.2, 0.25) is 0 Å². The average Bonchev–Trinajstić information content (AvgIpc) is 2.60. The van der Waals surface area contributed by atoms with E-state index in [0.717, 1.165) is 38.3 Å². The fourth-order valence-electron chi connectivity index (χ4n) is 3.46. The average molecular weight is 473 g/mol. The monoisotopic (exact) mass is 473 g/mol. The van der Waals surface area contributed by atoms with Crippen LogP contribution in [0, 0.1) is 11.8 Å². The van der Waals surface area contributed by atoms with E-state index < -0.39 is 0 Å². The molecule has 0 spiro atoms. The van der Waals surface area contributed by atoms with Crippen LogP contribution in [0.3, 0.4) is 0 Å². The minimum absolute atomic E-state index is 0. The highest BCUT2D eigenvalue weighted by Crippen LogP contribution is 2.33. The molecule has 0 amide bonds. The van der Waals surface area contributed by atoms with Crippen molar-refractivity contribution in [3.8, 4) is 0 Å². The number of halogens is 1. The van der Waals surface area contributed by atoms with E-state index in [0.29, 0.717) is 17.9 Å². The molecule has 3 unspecified atom stereocenters. The lowest BCUT2D eigenvalue weighted by Gasteiger charge is -2.31. The fourth-order valence-corrected chi connectivity index (χ4v) is 3.46. The van der Waals surface area contributed by atoms with Crippen molar-refractivity contribution in [3.63, 3.8) is 0 Å². The number of benzene rings is 1. The maximum Gasteiger partial charge on any atom is 0.188 e. The zero-order chi connectivity index (χ0) is 18.1. The van der Waals surface area contributed by atoms with Crippen molar-refractivity contribution in [2.75, 3.05) is 13.2 Å². The largest absolute Gasteiger partial charge is 0.373 e. The smallest absolute Gasteiger partial charge is 0.188 e. The summed E-state index contributed by atoms with van der Waals surface area (Å²) < 4.78 is 6.04. The van der Waals surface area contributed by atoms with Crippen LogP contribution in [-0.4, -0.2) is 25.2 Å². The molecule has 4 nitrogen and oxygen atoms in total. The van der Waals surface area contributed by atoms with Crippen molar-refractivity contribution in [2.45, 2.75) is 65.0 Å². The summed E-state index contributed by atoms with van der Waals surface area (Å²) in [5.74, 6) is 1.72. The number of guanidine groups is 1. The summed E-state index contributed by atoms with van der Waals surface area (Å²) >= 11 is 0. The molecule has 0 aromatic heterocycles. The molecule has 1 heterocycles. The summed E-state index contributed by atoms with van der Waals surface area (Å²) in [5, 5.41) is 3.33. The van der Waals surface area contributed by atoms with Crippen LogP contribution < -0.4 is 11.1 Å². The number of rotatable bonds is 8. The quantitative estimate of drug-likeness (QED) is 0.321. The van der Waals surface area contributed by atoms with Gasteiger partial charge < -0.3 is 15.8 Å². The number of hydrogen-bond donors (Lipinski definition) is 2.